The lowest BCUT2D eigenvalue weighted by molar-refractivity contribution is -0.141. The van der Waals surface area contributed by atoms with Crippen LogP contribution in [0.2, 0.25) is 18.1 Å². The molecule has 1 atom stereocenters. The first-order chi connectivity index (χ1) is 13.9. The van der Waals surface area contributed by atoms with Crippen LogP contribution in [0, 0.1) is 0 Å². The fraction of sp³-hybridized carbons (Fsp3) is 0.609. The number of hydrogen-bond donors (Lipinski definition) is 0. The van der Waals surface area contributed by atoms with Crippen molar-refractivity contribution < 1.29 is 22.0 Å². The molecule has 0 aliphatic rings. The van der Waals surface area contributed by atoms with Crippen LogP contribution >= 0.6 is 0 Å². The summed E-state index contributed by atoms with van der Waals surface area (Å²) >= 11 is 0. The number of rotatable bonds is 10. The number of alkyl halides is 3. The molecule has 1 aromatic heterocycles. The van der Waals surface area contributed by atoms with Gasteiger partial charge in [-0.1, -0.05) is 70.4 Å². The lowest BCUT2D eigenvalue weighted by Gasteiger charge is -2.38. The largest absolute Gasteiger partial charge is 0.446 e. The third-order valence-electron chi connectivity index (χ3n) is 5.86. The van der Waals surface area contributed by atoms with Crippen molar-refractivity contribution >= 4 is 8.32 Å². The predicted octanol–water partition coefficient (Wildman–Crippen LogP) is 7.95. The standard InChI is InChI=1S/C23H34F3NO2Si/c1-22(2,3)30(4,5)29-19(21-27-20(17-28-21)23(24,25)26)16-12-7-6-9-13-18-14-10-8-11-15-18/h8,10-11,14-15,17,19H,6-7,9,12-13,16H2,1-5H3. The van der Waals surface area contributed by atoms with E-state index in [-0.39, 0.29) is 10.9 Å². The van der Waals surface area contributed by atoms with Crippen molar-refractivity contribution in [1.82, 2.24) is 4.98 Å². The molecular formula is C23H34F3NO2Si. The van der Waals surface area contributed by atoms with E-state index in [1.807, 2.05) is 18.2 Å². The summed E-state index contributed by atoms with van der Waals surface area (Å²) < 4.78 is 50.5. The summed E-state index contributed by atoms with van der Waals surface area (Å²) in [5, 5.41) is -0.0552. The molecule has 2 rings (SSSR count). The molecule has 2 aromatic rings. The molecule has 30 heavy (non-hydrogen) atoms. The Kier molecular flexibility index (Phi) is 8.33. The van der Waals surface area contributed by atoms with Gasteiger partial charge in [0, 0.05) is 0 Å². The highest BCUT2D eigenvalue weighted by Gasteiger charge is 2.41. The van der Waals surface area contributed by atoms with E-state index < -0.39 is 26.3 Å². The van der Waals surface area contributed by atoms with Gasteiger partial charge in [0.25, 0.3) is 0 Å². The summed E-state index contributed by atoms with van der Waals surface area (Å²) in [6.45, 7) is 10.5. The fourth-order valence-corrected chi connectivity index (χ4v) is 4.27. The van der Waals surface area contributed by atoms with Crippen LogP contribution in [0.3, 0.4) is 0 Å². The van der Waals surface area contributed by atoms with Gasteiger partial charge in [-0.2, -0.15) is 13.2 Å². The Morgan fingerprint density at radius 1 is 1.00 bits per heavy atom. The van der Waals surface area contributed by atoms with Crippen LogP contribution < -0.4 is 0 Å². The maximum absolute atomic E-state index is 13.0. The number of nitrogens with zero attached hydrogens (tertiary/aromatic N) is 1. The first kappa shape index (κ1) is 24.7. The van der Waals surface area contributed by atoms with Crippen molar-refractivity contribution in [3.8, 4) is 0 Å². The highest BCUT2D eigenvalue weighted by molar-refractivity contribution is 6.74. The molecule has 1 heterocycles. The van der Waals surface area contributed by atoms with Gasteiger partial charge in [0.05, 0.1) is 0 Å². The van der Waals surface area contributed by atoms with E-state index in [9.17, 15) is 13.2 Å². The summed E-state index contributed by atoms with van der Waals surface area (Å²) in [7, 11) is -2.19. The number of aryl methyl sites for hydroxylation is 1. The molecule has 0 fully saturated rings. The molecule has 0 aliphatic carbocycles. The predicted molar refractivity (Wildman–Crippen MR) is 116 cm³/mol. The second-order valence-electron chi connectivity index (χ2n) is 9.37. The Morgan fingerprint density at radius 3 is 2.20 bits per heavy atom. The lowest BCUT2D eigenvalue weighted by atomic mass is 10.0. The Bertz CT molecular complexity index is 767. The van der Waals surface area contributed by atoms with Gasteiger partial charge in [-0.05, 0) is 43.0 Å². The van der Waals surface area contributed by atoms with Crippen LogP contribution in [0.5, 0.6) is 0 Å². The van der Waals surface area contributed by atoms with E-state index in [0.29, 0.717) is 12.7 Å². The summed E-state index contributed by atoms with van der Waals surface area (Å²) in [6, 6.07) is 10.4. The van der Waals surface area contributed by atoms with Crippen molar-refractivity contribution in [2.45, 2.75) is 89.7 Å². The summed E-state index contributed by atoms with van der Waals surface area (Å²) in [5.74, 6) is 0.0384. The quantitative estimate of drug-likeness (QED) is 0.277. The van der Waals surface area contributed by atoms with Crippen molar-refractivity contribution in [3.63, 3.8) is 0 Å². The number of hydrogen-bond acceptors (Lipinski definition) is 3. The first-order valence-electron chi connectivity index (χ1n) is 10.6. The monoisotopic (exact) mass is 441 g/mol. The highest BCUT2D eigenvalue weighted by atomic mass is 28.4. The first-order valence-corrected chi connectivity index (χ1v) is 13.6. The van der Waals surface area contributed by atoms with Crippen LogP contribution in [0.15, 0.2) is 41.0 Å². The summed E-state index contributed by atoms with van der Waals surface area (Å²) in [6.07, 6.45) is 1.30. The van der Waals surface area contributed by atoms with E-state index in [2.05, 4.69) is 51.0 Å². The van der Waals surface area contributed by atoms with Crippen molar-refractivity contribution in [3.05, 3.63) is 53.7 Å². The zero-order valence-electron chi connectivity index (χ0n) is 18.7. The average molecular weight is 442 g/mol. The number of unbranched alkanes of at least 4 members (excludes halogenated alkanes) is 3. The molecule has 0 saturated heterocycles. The molecule has 3 nitrogen and oxygen atoms in total. The molecule has 0 aliphatic heterocycles. The van der Waals surface area contributed by atoms with E-state index in [1.165, 1.54) is 5.56 Å². The lowest BCUT2D eigenvalue weighted by Crippen LogP contribution is -2.42. The Labute approximate surface area is 179 Å². The maximum atomic E-state index is 13.0. The maximum Gasteiger partial charge on any atom is 0.436 e. The van der Waals surface area contributed by atoms with Gasteiger partial charge in [-0.15, -0.1) is 0 Å². The number of aromatic nitrogens is 1. The third kappa shape index (κ3) is 7.27. The minimum atomic E-state index is -4.51. The molecule has 7 heteroatoms. The summed E-state index contributed by atoms with van der Waals surface area (Å²) in [4.78, 5) is 3.71. The Balaban J connectivity index is 1.95. The number of oxazole rings is 1. The number of benzene rings is 1. The normalized spacial score (nSPS) is 14.1. The van der Waals surface area contributed by atoms with Crippen LogP contribution in [0.4, 0.5) is 13.2 Å². The van der Waals surface area contributed by atoms with Gasteiger partial charge in [-0.3, -0.25) is 0 Å². The molecular weight excluding hydrogens is 407 g/mol. The van der Waals surface area contributed by atoms with Gasteiger partial charge in [0.15, 0.2) is 14.0 Å². The second-order valence-corrected chi connectivity index (χ2v) is 14.1. The molecule has 0 spiro atoms. The number of halogens is 3. The SMILES string of the molecule is CC(C)(C)[Si](C)(C)OC(CCCCCCc1ccccc1)c1nc(C(F)(F)F)co1. The average Bonchev–Trinajstić information content (AvgIpc) is 3.14. The molecule has 0 N–H and O–H groups in total. The van der Waals surface area contributed by atoms with E-state index in [0.717, 1.165) is 32.1 Å². The molecule has 168 valence electrons. The minimum Gasteiger partial charge on any atom is -0.446 e. The zero-order chi connectivity index (χ0) is 22.4. The van der Waals surface area contributed by atoms with Gasteiger partial charge in [-0.25, -0.2) is 4.98 Å². The zero-order valence-corrected chi connectivity index (χ0v) is 19.7. The second kappa shape index (κ2) is 10.1. The van der Waals surface area contributed by atoms with E-state index in [1.54, 1.807) is 0 Å². The fourth-order valence-electron chi connectivity index (χ4n) is 2.99. The van der Waals surface area contributed by atoms with E-state index in [4.69, 9.17) is 8.84 Å². The Morgan fingerprint density at radius 2 is 1.63 bits per heavy atom. The van der Waals surface area contributed by atoms with Gasteiger partial charge in [0.2, 0.25) is 5.89 Å². The van der Waals surface area contributed by atoms with Crippen molar-refractivity contribution in [2.24, 2.45) is 0 Å². The summed E-state index contributed by atoms with van der Waals surface area (Å²) in [5.41, 5.74) is 0.334. The van der Waals surface area contributed by atoms with Gasteiger partial charge < -0.3 is 8.84 Å². The topological polar surface area (TPSA) is 35.3 Å². The van der Waals surface area contributed by atoms with Crippen LogP contribution in [-0.4, -0.2) is 13.3 Å². The molecule has 0 bridgehead atoms. The van der Waals surface area contributed by atoms with E-state index >= 15 is 0 Å². The van der Waals surface area contributed by atoms with Crippen LogP contribution in [0.25, 0.3) is 0 Å². The van der Waals surface area contributed by atoms with Crippen molar-refractivity contribution in [2.75, 3.05) is 0 Å². The van der Waals surface area contributed by atoms with Crippen LogP contribution in [0.1, 0.15) is 76.1 Å². The Hall–Kier alpha value is -1.60. The molecule has 1 aromatic carbocycles. The molecule has 1 unspecified atom stereocenters. The minimum absolute atomic E-state index is 0.0384. The van der Waals surface area contributed by atoms with Crippen LogP contribution in [-0.2, 0) is 17.0 Å². The third-order valence-corrected chi connectivity index (χ3v) is 10.3. The molecule has 0 amide bonds. The smallest absolute Gasteiger partial charge is 0.436 e. The van der Waals surface area contributed by atoms with Gasteiger partial charge in [0.1, 0.15) is 12.4 Å². The highest BCUT2D eigenvalue weighted by Crippen LogP contribution is 2.41. The molecule has 0 saturated carbocycles. The van der Waals surface area contributed by atoms with Gasteiger partial charge >= 0.3 is 6.18 Å². The van der Waals surface area contributed by atoms with Crippen molar-refractivity contribution in [1.29, 1.82) is 0 Å². The molecule has 0 radical (unpaired) electrons.